The minimum Gasteiger partial charge on any atom is -0.457 e. The van der Waals surface area contributed by atoms with Gasteiger partial charge in [0.1, 0.15) is 0 Å². The van der Waals surface area contributed by atoms with E-state index in [0.29, 0.717) is 5.56 Å². The van der Waals surface area contributed by atoms with Crippen LogP contribution in [0.25, 0.3) is 0 Å². The molecule has 0 fully saturated rings. The van der Waals surface area contributed by atoms with Crippen LogP contribution < -0.4 is 4.90 Å². The maximum Gasteiger partial charge on any atom is 0.306 e. The zero-order valence-corrected chi connectivity index (χ0v) is 15.9. The van der Waals surface area contributed by atoms with Gasteiger partial charge in [0.25, 0.3) is 0 Å². The summed E-state index contributed by atoms with van der Waals surface area (Å²) in [6, 6.07) is 27.1. The highest BCUT2D eigenvalue weighted by Crippen LogP contribution is 2.26. The Morgan fingerprint density at radius 1 is 0.655 bits per heavy atom. The fraction of sp³-hybridized carbons (Fsp3) is 0.125. The highest BCUT2D eigenvalue weighted by Gasteiger charge is 2.19. The zero-order chi connectivity index (χ0) is 20.5. The number of nitrogens with zero attached hydrogens (tertiary/aromatic N) is 1. The summed E-state index contributed by atoms with van der Waals surface area (Å²) in [5, 5.41) is 0. The molecule has 0 spiro atoms. The first-order valence-electron chi connectivity index (χ1n) is 9.32. The molecule has 3 rings (SSSR count). The number of Topliss-reactive ketones (excluding diaryl/α,β-unsaturated/α-hetero) is 1. The standard InChI is InChI=1S/C24H21NO4/c26-22(19-10-4-1-5-11-19)18-29-24(28)17-16-23(27)25(20-12-6-2-7-13-20)21-14-8-3-9-15-21/h1-15H,16-18H2. The summed E-state index contributed by atoms with van der Waals surface area (Å²) in [6.45, 7) is -0.335. The average molecular weight is 387 g/mol. The third-order valence-electron chi connectivity index (χ3n) is 4.28. The number of carbonyl (C=O) groups excluding carboxylic acids is 3. The second-order valence-electron chi connectivity index (χ2n) is 6.35. The lowest BCUT2D eigenvalue weighted by Gasteiger charge is -2.23. The van der Waals surface area contributed by atoms with Crippen molar-refractivity contribution in [2.75, 3.05) is 11.5 Å². The van der Waals surface area contributed by atoms with E-state index in [1.165, 1.54) is 0 Å². The third-order valence-corrected chi connectivity index (χ3v) is 4.28. The molecular formula is C24H21NO4. The van der Waals surface area contributed by atoms with E-state index < -0.39 is 5.97 Å². The van der Waals surface area contributed by atoms with Crippen LogP contribution in [-0.4, -0.2) is 24.3 Å². The Morgan fingerprint density at radius 2 is 1.14 bits per heavy atom. The lowest BCUT2D eigenvalue weighted by Crippen LogP contribution is -2.26. The summed E-state index contributed by atoms with van der Waals surface area (Å²) in [7, 11) is 0. The summed E-state index contributed by atoms with van der Waals surface area (Å²) in [5.41, 5.74) is 1.92. The van der Waals surface area contributed by atoms with E-state index in [0.717, 1.165) is 11.4 Å². The smallest absolute Gasteiger partial charge is 0.306 e. The largest absolute Gasteiger partial charge is 0.457 e. The first-order valence-corrected chi connectivity index (χ1v) is 9.32. The van der Waals surface area contributed by atoms with Crippen molar-refractivity contribution in [3.8, 4) is 0 Å². The van der Waals surface area contributed by atoms with Gasteiger partial charge in [-0.05, 0) is 24.3 Å². The molecule has 29 heavy (non-hydrogen) atoms. The van der Waals surface area contributed by atoms with Gasteiger partial charge in [0, 0.05) is 23.4 Å². The molecule has 0 N–H and O–H groups in total. The van der Waals surface area contributed by atoms with E-state index in [2.05, 4.69) is 0 Å². The van der Waals surface area contributed by atoms with Crippen molar-refractivity contribution in [3.05, 3.63) is 96.6 Å². The van der Waals surface area contributed by atoms with Gasteiger partial charge in [-0.3, -0.25) is 19.3 Å². The Balaban J connectivity index is 1.59. The van der Waals surface area contributed by atoms with Crippen molar-refractivity contribution < 1.29 is 19.1 Å². The summed E-state index contributed by atoms with van der Waals surface area (Å²) in [5.74, 6) is -1.09. The molecule has 3 aromatic carbocycles. The molecule has 0 saturated carbocycles. The zero-order valence-electron chi connectivity index (χ0n) is 15.9. The lowest BCUT2D eigenvalue weighted by molar-refractivity contribution is -0.143. The van der Waals surface area contributed by atoms with Gasteiger partial charge < -0.3 is 4.74 Å². The van der Waals surface area contributed by atoms with Crippen LogP contribution in [0.15, 0.2) is 91.0 Å². The summed E-state index contributed by atoms with van der Waals surface area (Å²) in [6.07, 6.45) is -0.126. The van der Waals surface area contributed by atoms with Crippen molar-refractivity contribution >= 4 is 29.0 Å². The first-order chi connectivity index (χ1) is 14.1. The first kappa shape index (κ1) is 20.0. The fourth-order valence-electron chi connectivity index (χ4n) is 2.84. The van der Waals surface area contributed by atoms with E-state index in [1.54, 1.807) is 35.2 Å². The number of hydrogen-bond donors (Lipinski definition) is 0. The van der Waals surface area contributed by atoms with Crippen LogP contribution in [0.3, 0.4) is 0 Å². The van der Waals surface area contributed by atoms with Gasteiger partial charge >= 0.3 is 5.97 Å². The van der Waals surface area contributed by atoms with Crippen LogP contribution in [0, 0.1) is 0 Å². The van der Waals surface area contributed by atoms with Crippen LogP contribution in [0.1, 0.15) is 23.2 Å². The molecule has 0 aliphatic carbocycles. The molecule has 0 saturated heterocycles. The van der Waals surface area contributed by atoms with Gasteiger partial charge in [0.15, 0.2) is 12.4 Å². The Morgan fingerprint density at radius 3 is 1.66 bits per heavy atom. The van der Waals surface area contributed by atoms with Crippen LogP contribution in [0.5, 0.6) is 0 Å². The molecule has 146 valence electrons. The second kappa shape index (κ2) is 9.99. The molecule has 0 radical (unpaired) electrons. The minimum absolute atomic E-state index is 0.0256. The Hall–Kier alpha value is -3.73. The summed E-state index contributed by atoms with van der Waals surface area (Å²) in [4.78, 5) is 38.5. The quantitative estimate of drug-likeness (QED) is 0.420. The van der Waals surface area contributed by atoms with E-state index in [9.17, 15) is 14.4 Å². The number of esters is 1. The number of hydrogen-bond acceptors (Lipinski definition) is 4. The molecule has 0 bridgehead atoms. The number of ether oxygens (including phenoxy) is 1. The predicted molar refractivity (Wildman–Crippen MR) is 111 cm³/mol. The number of amides is 1. The average Bonchev–Trinajstić information content (AvgIpc) is 2.78. The third kappa shape index (κ3) is 5.62. The van der Waals surface area contributed by atoms with E-state index in [1.807, 2.05) is 60.7 Å². The van der Waals surface area contributed by atoms with Gasteiger partial charge in [-0.25, -0.2) is 0 Å². The Labute approximate surface area is 169 Å². The number of benzene rings is 3. The molecule has 5 nitrogen and oxygen atoms in total. The molecular weight excluding hydrogens is 366 g/mol. The van der Waals surface area contributed by atoms with Gasteiger partial charge in [-0.15, -0.1) is 0 Å². The van der Waals surface area contributed by atoms with Crippen LogP contribution in [0.4, 0.5) is 11.4 Å². The lowest BCUT2D eigenvalue weighted by atomic mass is 10.1. The Kier molecular flexibility index (Phi) is 6.90. The van der Waals surface area contributed by atoms with Gasteiger partial charge in [0.05, 0.1) is 6.42 Å². The van der Waals surface area contributed by atoms with Crippen molar-refractivity contribution in [1.29, 1.82) is 0 Å². The molecule has 1 amide bonds. The second-order valence-corrected chi connectivity index (χ2v) is 6.35. The van der Waals surface area contributed by atoms with Crippen LogP contribution in [0.2, 0.25) is 0 Å². The normalized spacial score (nSPS) is 10.2. The molecule has 0 aromatic heterocycles. The molecule has 0 aliphatic rings. The van der Waals surface area contributed by atoms with Gasteiger partial charge in [0.2, 0.25) is 5.91 Å². The number of para-hydroxylation sites is 2. The van der Waals surface area contributed by atoms with Crippen molar-refractivity contribution in [3.63, 3.8) is 0 Å². The highest BCUT2D eigenvalue weighted by atomic mass is 16.5. The van der Waals surface area contributed by atoms with Crippen molar-refractivity contribution in [2.24, 2.45) is 0 Å². The van der Waals surface area contributed by atoms with Crippen LogP contribution >= 0.6 is 0 Å². The fourth-order valence-corrected chi connectivity index (χ4v) is 2.84. The summed E-state index contributed by atoms with van der Waals surface area (Å²) >= 11 is 0. The SMILES string of the molecule is O=C(CCC(=O)N(c1ccccc1)c1ccccc1)OCC(=O)c1ccccc1. The molecule has 3 aromatic rings. The minimum atomic E-state index is -0.580. The van der Waals surface area contributed by atoms with Crippen LogP contribution in [-0.2, 0) is 14.3 Å². The maximum atomic E-state index is 12.9. The molecule has 0 atom stereocenters. The number of carbonyl (C=O) groups is 3. The topological polar surface area (TPSA) is 63.7 Å². The van der Waals surface area contributed by atoms with Crippen molar-refractivity contribution in [2.45, 2.75) is 12.8 Å². The molecule has 5 heteroatoms. The van der Waals surface area contributed by atoms with Gasteiger partial charge in [-0.1, -0.05) is 66.7 Å². The highest BCUT2D eigenvalue weighted by molar-refractivity contribution is 6.01. The van der Waals surface area contributed by atoms with E-state index in [-0.39, 0.29) is 31.1 Å². The number of ketones is 1. The molecule has 0 heterocycles. The van der Waals surface area contributed by atoms with E-state index >= 15 is 0 Å². The van der Waals surface area contributed by atoms with Gasteiger partial charge in [-0.2, -0.15) is 0 Å². The predicted octanol–water partition coefficient (Wildman–Crippen LogP) is 4.56. The maximum absolute atomic E-state index is 12.9. The van der Waals surface area contributed by atoms with Crippen molar-refractivity contribution in [1.82, 2.24) is 0 Å². The molecule has 0 unspecified atom stereocenters. The summed E-state index contributed by atoms with van der Waals surface area (Å²) < 4.78 is 5.04. The monoisotopic (exact) mass is 387 g/mol. The Bertz CT molecular complexity index is 916. The van der Waals surface area contributed by atoms with E-state index in [4.69, 9.17) is 4.74 Å². The number of rotatable bonds is 8. The number of anilines is 2. The molecule has 0 aliphatic heterocycles.